The second-order valence-corrected chi connectivity index (χ2v) is 4.11. The Morgan fingerprint density at radius 3 is 2.62 bits per heavy atom. The Morgan fingerprint density at radius 1 is 1.38 bits per heavy atom. The Labute approximate surface area is 104 Å². The van der Waals surface area contributed by atoms with Crippen molar-refractivity contribution in [3.63, 3.8) is 0 Å². The van der Waals surface area contributed by atoms with E-state index in [0.717, 1.165) is 9.83 Å². The molecule has 16 heavy (non-hydrogen) atoms. The highest BCUT2D eigenvalue weighted by Gasteiger charge is 2.11. The summed E-state index contributed by atoms with van der Waals surface area (Å²) in [4.78, 5) is 14.2. The normalized spacial score (nSPS) is 10.1. The molecule has 0 aliphatic heterocycles. The lowest BCUT2D eigenvalue weighted by molar-refractivity contribution is 0.0690. The molecule has 1 aromatic heterocycles. The predicted octanol–water partition coefficient (Wildman–Crippen LogP) is 2.77. The average molecular weight is 331 g/mol. The minimum atomic E-state index is -1.15. The molecule has 0 amide bonds. The van der Waals surface area contributed by atoms with Crippen molar-refractivity contribution >= 4 is 28.6 Å². The van der Waals surface area contributed by atoms with Gasteiger partial charge in [-0.15, -0.1) is 0 Å². The van der Waals surface area contributed by atoms with Crippen LogP contribution >= 0.6 is 22.6 Å². The first-order valence-electron chi connectivity index (χ1n) is 4.27. The highest BCUT2D eigenvalue weighted by molar-refractivity contribution is 14.1. The molecule has 5 nitrogen and oxygen atoms in total. The lowest BCUT2D eigenvalue weighted by atomic mass is 10.3. The summed E-state index contributed by atoms with van der Waals surface area (Å²) in [5.41, 5.74) is -0.180. The van der Waals surface area contributed by atoms with Gasteiger partial charge in [-0.3, -0.25) is 0 Å². The zero-order valence-corrected chi connectivity index (χ0v) is 10.0. The topological polar surface area (TPSA) is 72.6 Å². The van der Waals surface area contributed by atoms with Gasteiger partial charge in [0.05, 0.1) is 0 Å². The standard InChI is InChI=1S/C10H6INO4/c11-6-1-3-7(4-2-6)16-10-12-8(5-15-10)9(13)14/h1-5H,(H,13,14). The highest BCUT2D eigenvalue weighted by Crippen LogP contribution is 2.21. The summed E-state index contributed by atoms with van der Waals surface area (Å²) in [5, 5.41) is 8.62. The maximum atomic E-state index is 10.5. The minimum Gasteiger partial charge on any atom is -0.476 e. The van der Waals surface area contributed by atoms with Crippen LogP contribution in [0.4, 0.5) is 0 Å². The first kappa shape index (κ1) is 10.9. The number of halogens is 1. The molecule has 82 valence electrons. The van der Waals surface area contributed by atoms with E-state index in [-0.39, 0.29) is 11.8 Å². The summed E-state index contributed by atoms with van der Waals surface area (Å²) in [6, 6.07) is 7.20. The third-order valence-corrected chi connectivity index (χ3v) is 2.44. The number of hydrogen-bond donors (Lipinski definition) is 1. The van der Waals surface area contributed by atoms with Gasteiger partial charge in [0.2, 0.25) is 0 Å². The molecule has 1 heterocycles. The Bertz CT molecular complexity index is 506. The summed E-state index contributed by atoms with van der Waals surface area (Å²) >= 11 is 2.17. The van der Waals surface area contributed by atoms with Crippen LogP contribution in [-0.4, -0.2) is 16.1 Å². The van der Waals surface area contributed by atoms with Crippen LogP contribution in [0.25, 0.3) is 0 Å². The van der Waals surface area contributed by atoms with E-state index in [0.29, 0.717) is 5.75 Å². The second kappa shape index (κ2) is 4.52. The van der Waals surface area contributed by atoms with Crippen LogP contribution in [0.15, 0.2) is 34.9 Å². The zero-order chi connectivity index (χ0) is 11.5. The van der Waals surface area contributed by atoms with Gasteiger partial charge in [0.25, 0.3) is 0 Å². The molecule has 0 aliphatic rings. The van der Waals surface area contributed by atoms with Crippen molar-refractivity contribution in [2.24, 2.45) is 0 Å². The van der Waals surface area contributed by atoms with E-state index >= 15 is 0 Å². The summed E-state index contributed by atoms with van der Waals surface area (Å²) < 4.78 is 11.1. The van der Waals surface area contributed by atoms with Crippen molar-refractivity contribution in [1.82, 2.24) is 4.98 Å². The molecule has 2 aromatic rings. The number of aromatic nitrogens is 1. The van der Waals surface area contributed by atoms with E-state index in [1.54, 1.807) is 12.1 Å². The molecule has 0 saturated carbocycles. The lowest BCUT2D eigenvalue weighted by Gasteiger charge is -1.99. The third-order valence-electron chi connectivity index (χ3n) is 1.72. The molecule has 0 fully saturated rings. The number of carboxylic acids is 1. The largest absolute Gasteiger partial charge is 0.476 e. The number of carbonyl (C=O) groups is 1. The summed E-state index contributed by atoms with van der Waals surface area (Å²) in [6.45, 7) is 0. The smallest absolute Gasteiger partial charge is 0.399 e. The summed E-state index contributed by atoms with van der Waals surface area (Å²) in [7, 11) is 0. The molecule has 1 aromatic carbocycles. The highest BCUT2D eigenvalue weighted by atomic mass is 127. The van der Waals surface area contributed by atoms with E-state index in [4.69, 9.17) is 14.3 Å². The van der Waals surface area contributed by atoms with Crippen LogP contribution in [-0.2, 0) is 0 Å². The van der Waals surface area contributed by atoms with Gasteiger partial charge in [-0.25, -0.2) is 4.79 Å². The first-order valence-corrected chi connectivity index (χ1v) is 5.35. The molecule has 0 radical (unpaired) electrons. The van der Waals surface area contributed by atoms with Gasteiger partial charge in [-0.05, 0) is 46.9 Å². The Morgan fingerprint density at radius 2 is 2.06 bits per heavy atom. The molecular weight excluding hydrogens is 325 g/mol. The average Bonchev–Trinajstić information content (AvgIpc) is 2.70. The fourth-order valence-corrected chi connectivity index (χ4v) is 1.37. The quantitative estimate of drug-likeness (QED) is 0.876. The summed E-state index contributed by atoms with van der Waals surface area (Å²) in [6.07, 6.45) is 0.947. The number of oxazole rings is 1. The van der Waals surface area contributed by atoms with Crippen LogP contribution in [0, 0.1) is 3.57 Å². The van der Waals surface area contributed by atoms with E-state index in [1.807, 2.05) is 12.1 Å². The number of nitrogens with zero attached hydrogens (tertiary/aromatic N) is 1. The molecule has 0 spiro atoms. The number of ether oxygens (including phenoxy) is 1. The van der Waals surface area contributed by atoms with Crippen molar-refractivity contribution in [3.05, 3.63) is 39.8 Å². The maximum absolute atomic E-state index is 10.5. The number of carboxylic acid groups (broad SMARTS) is 1. The van der Waals surface area contributed by atoms with Crippen LogP contribution in [0.5, 0.6) is 11.8 Å². The van der Waals surface area contributed by atoms with Gasteiger partial charge in [-0.2, -0.15) is 4.98 Å². The molecule has 2 rings (SSSR count). The summed E-state index contributed by atoms with van der Waals surface area (Å²) in [5.74, 6) is -0.611. The molecule has 0 bridgehead atoms. The number of hydrogen-bond acceptors (Lipinski definition) is 4. The van der Waals surface area contributed by atoms with Gasteiger partial charge >= 0.3 is 12.0 Å². The van der Waals surface area contributed by atoms with Crippen molar-refractivity contribution in [2.75, 3.05) is 0 Å². The Kier molecular flexibility index (Phi) is 3.09. The fourth-order valence-electron chi connectivity index (χ4n) is 1.01. The zero-order valence-electron chi connectivity index (χ0n) is 7.88. The monoisotopic (exact) mass is 331 g/mol. The van der Waals surface area contributed by atoms with E-state index in [2.05, 4.69) is 27.6 Å². The van der Waals surface area contributed by atoms with Crippen molar-refractivity contribution in [1.29, 1.82) is 0 Å². The number of benzene rings is 1. The molecular formula is C10H6INO4. The SMILES string of the molecule is O=C(O)c1coc(Oc2ccc(I)cc2)n1. The minimum absolute atomic E-state index is 0.0846. The van der Waals surface area contributed by atoms with Gasteiger partial charge in [-0.1, -0.05) is 0 Å². The number of aromatic carboxylic acids is 1. The molecule has 6 heteroatoms. The molecule has 0 saturated heterocycles. The Hall–Kier alpha value is -1.57. The predicted molar refractivity (Wildman–Crippen MR) is 62.7 cm³/mol. The molecule has 1 N–H and O–H groups in total. The van der Waals surface area contributed by atoms with Gasteiger partial charge < -0.3 is 14.3 Å². The number of rotatable bonds is 3. The van der Waals surface area contributed by atoms with E-state index in [1.165, 1.54) is 0 Å². The molecule has 0 atom stereocenters. The van der Waals surface area contributed by atoms with Crippen molar-refractivity contribution in [2.45, 2.75) is 0 Å². The first-order chi connectivity index (χ1) is 7.65. The molecule has 0 unspecified atom stereocenters. The van der Waals surface area contributed by atoms with Crippen LogP contribution in [0.2, 0.25) is 0 Å². The van der Waals surface area contributed by atoms with Crippen molar-refractivity contribution in [3.8, 4) is 11.8 Å². The van der Waals surface area contributed by atoms with Gasteiger partial charge in [0.15, 0.2) is 5.69 Å². The van der Waals surface area contributed by atoms with Crippen molar-refractivity contribution < 1.29 is 19.1 Å². The van der Waals surface area contributed by atoms with E-state index in [9.17, 15) is 4.79 Å². The third kappa shape index (κ3) is 2.51. The van der Waals surface area contributed by atoms with Crippen LogP contribution < -0.4 is 4.74 Å². The van der Waals surface area contributed by atoms with E-state index < -0.39 is 5.97 Å². The lowest BCUT2D eigenvalue weighted by Crippen LogP contribution is -1.95. The Balaban J connectivity index is 2.14. The van der Waals surface area contributed by atoms with Gasteiger partial charge in [0, 0.05) is 3.57 Å². The molecule has 0 aliphatic carbocycles. The second-order valence-electron chi connectivity index (χ2n) is 2.86. The maximum Gasteiger partial charge on any atom is 0.399 e. The fraction of sp³-hybridized carbons (Fsp3) is 0. The van der Waals surface area contributed by atoms with Crippen LogP contribution in [0.1, 0.15) is 10.5 Å². The van der Waals surface area contributed by atoms with Crippen LogP contribution in [0.3, 0.4) is 0 Å². The van der Waals surface area contributed by atoms with Gasteiger partial charge in [0.1, 0.15) is 12.0 Å².